The van der Waals surface area contributed by atoms with Gasteiger partial charge in [0.2, 0.25) is 5.91 Å². The van der Waals surface area contributed by atoms with Gasteiger partial charge in [0.1, 0.15) is 0 Å². The molecule has 128 valence electrons. The highest BCUT2D eigenvalue weighted by molar-refractivity contribution is 14.0. The van der Waals surface area contributed by atoms with Crippen molar-refractivity contribution >= 4 is 35.8 Å². The predicted octanol–water partition coefficient (Wildman–Crippen LogP) is 1.42. The minimum atomic E-state index is 0. The normalized spacial score (nSPS) is 17.6. The Bertz CT molecular complexity index is 508. The molecule has 1 aromatic heterocycles. The molecule has 1 fully saturated rings. The van der Waals surface area contributed by atoms with Gasteiger partial charge in [-0.25, -0.2) is 0 Å². The molecule has 23 heavy (non-hydrogen) atoms. The lowest BCUT2D eigenvalue weighted by Crippen LogP contribution is -2.45. The van der Waals surface area contributed by atoms with Gasteiger partial charge in [-0.1, -0.05) is 13.0 Å². The van der Waals surface area contributed by atoms with E-state index in [0.29, 0.717) is 6.42 Å². The molecule has 1 saturated heterocycles. The number of hydrogen-bond donors (Lipinski definition) is 2. The van der Waals surface area contributed by atoms with Crippen LogP contribution in [0.3, 0.4) is 0 Å². The van der Waals surface area contributed by atoms with Gasteiger partial charge >= 0.3 is 0 Å². The maximum absolute atomic E-state index is 11.7. The molecule has 0 radical (unpaired) electrons. The highest BCUT2D eigenvalue weighted by Gasteiger charge is 2.25. The number of pyridine rings is 1. The molecule has 1 aromatic rings. The van der Waals surface area contributed by atoms with Gasteiger partial charge in [-0.2, -0.15) is 0 Å². The third-order valence-corrected chi connectivity index (χ3v) is 3.84. The number of nitrogens with one attached hydrogen (secondary N) is 2. The van der Waals surface area contributed by atoms with Crippen LogP contribution < -0.4 is 10.6 Å². The van der Waals surface area contributed by atoms with Crippen molar-refractivity contribution in [1.82, 2.24) is 20.5 Å². The second-order valence-electron chi connectivity index (χ2n) is 5.43. The molecule has 6 nitrogen and oxygen atoms in total. The maximum Gasteiger partial charge on any atom is 0.222 e. The van der Waals surface area contributed by atoms with Gasteiger partial charge in [0.15, 0.2) is 5.96 Å². The summed E-state index contributed by atoms with van der Waals surface area (Å²) in [6.45, 7) is 4.30. The largest absolute Gasteiger partial charge is 0.356 e. The monoisotopic (exact) mass is 431 g/mol. The van der Waals surface area contributed by atoms with Crippen LogP contribution in [0.1, 0.15) is 25.3 Å². The summed E-state index contributed by atoms with van der Waals surface area (Å²) in [6, 6.07) is 4.29. The number of amides is 1. The number of halogens is 1. The average molecular weight is 431 g/mol. The minimum Gasteiger partial charge on any atom is -0.356 e. The number of carbonyl (C=O) groups excluding carboxylic acids is 1. The molecule has 1 aliphatic rings. The Kier molecular flexibility index (Phi) is 8.90. The van der Waals surface area contributed by atoms with Crippen molar-refractivity contribution in [2.75, 3.05) is 26.7 Å². The summed E-state index contributed by atoms with van der Waals surface area (Å²) in [5.41, 5.74) is 1.20. The molecular formula is C16H26IN5O. The van der Waals surface area contributed by atoms with Crippen molar-refractivity contribution in [2.45, 2.75) is 32.2 Å². The SMILES string of the molecule is CCC(=O)N1CCC(NC(=NC)NCCc2cccnc2)C1.I. The summed E-state index contributed by atoms with van der Waals surface area (Å²) >= 11 is 0. The second-order valence-corrected chi connectivity index (χ2v) is 5.43. The Balaban J connectivity index is 0.00000264. The van der Waals surface area contributed by atoms with Crippen LogP contribution in [0.25, 0.3) is 0 Å². The van der Waals surface area contributed by atoms with Gasteiger partial charge in [-0.3, -0.25) is 14.8 Å². The number of likely N-dealkylation sites (tertiary alicyclic amines) is 1. The van der Waals surface area contributed by atoms with Crippen LogP contribution in [0.5, 0.6) is 0 Å². The number of nitrogens with zero attached hydrogens (tertiary/aromatic N) is 3. The number of aromatic nitrogens is 1. The van der Waals surface area contributed by atoms with E-state index in [2.05, 4.69) is 26.7 Å². The van der Waals surface area contributed by atoms with Crippen molar-refractivity contribution in [3.8, 4) is 0 Å². The number of aliphatic imine (C=N–C) groups is 1. The molecule has 0 spiro atoms. The Labute approximate surface area is 155 Å². The first-order chi connectivity index (χ1) is 10.7. The third kappa shape index (κ3) is 6.32. The highest BCUT2D eigenvalue weighted by Crippen LogP contribution is 2.10. The summed E-state index contributed by atoms with van der Waals surface area (Å²) in [5, 5.41) is 6.70. The number of guanidine groups is 1. The number of hydrogen-bond acceptors (Lipinski definition) is 3. The van der Waals surface area contributed by atoms with Crippen molar-refractivity contribution in [1.29, 1.82) is 0 Å². The van der Waals surface area contributed by atoms with Crippen LogP contribution in [0.15, 0.2) is 29.5 Å². The summed E-state index contributed by atoms with van der Waals surface area (Å²) < 4.78 is 0. The van der Waals surface area contributed by atoms with Crippen molar-refractivity contribution in [3.63, 3.8) is 0 Å². The zero-order valence-electron chi connectivity index (χ0n) is 13.8. The molecule has 0 aliphatic carbocycles. The van der Waals surface area contributed by atoms with Crippen molar-refractivity contribution in [2.24, 2.45) is 4.99 Å². The maximum atomic E-state index is 11.7. The van der Waals surface area contributed by atoms with Gasteiger partial charge in [0.25, 0.3) is 0 Å². The predicted molar refractivity (Wildman–Crippen MR) is 103 cm³/mol. The smallest absolute Gasteiger partial charge is 0.222 e. The summed E-state index contributed by atoms with van der Waals surface area (Å²) in [7, 11) is 1.77. The average Bonchev–Trinajstić information content (AvgIpc) is 3.02. The van der Waals surface area contributed by atoms with Crippen molar-refractivity contribution in [3.05, 3.63) is 30.1 Å². The third-order valence-electron chi connectivity index (χ3n) is 3.84. The van der Waals surface area contributed by atoms with E-state index in [1.807, 2.05) is 24.1 Å². The molecule has 1 aliphatic heterocycles. The van der Waals surface area contributed by atoms with Crippen LogP contribution in [-0.2, 0) is 11.2 Å². The Morgan fingerprint density at radius 2 is 2.35 bits per heavy atom. The second kappa shape index (κ2) is 10.4. The topological polar surface area (TPSA) is 69.6 Å². The fourth-order valence-electron chi connectivity index (χ4n) is 2.59. The Morgan fingerprint density at radius 3 is 3.00 bits per heavy atom. The number of carbonyl (C=O) groups is 1. The minimum absolute atomic E-state index is 0. The lowest BCUT2D eigenvalue weighted by atomic mass is 10.2. The quantitative estimate of drug-likeness (QED) is 0.421. The lowest BCUT2D eigenvalue weighted by molar-refractivity contribution is -0.129. The molecular weight excluding hydrogens is 405 g/mol. The summed E-state index contributed by atoms with van der Waals surface area (Å²) in [6.07, 6.45) is 6.10. The summed E-state index contributed by atoms with van der Waals surface area (Å²) in [5.74, 6) is 1.02. The molecule has 0 bridgehead atoms. The zero-order chi connectivity index (χ0) is 15.8. The van der Waals surface area contributed by atoms with E-state index >= 15 is 0 Å². The van der Waals surface area contributed by atoms with E-state index in [1.165, 1.54) is 5.56 Å². The highest BCUT2D eigenvalue weighted by atomic mass is 127. The van der Waals surface area contributed by atoms with Crippen molar-refractivity contribution < 1.29 is 4.79 Å². The standard InChI is InChI=1S/C16H25N5O.HI/c1-3-15(22)21-10-7-14(12-21)20-16(17-2)19-9-6-13-5-4-8-18-11-13;/h4-5,8,11,14H,3,6-7,9-10,12H2,1-2H3,(H2,17,19,20);1H. The van der Waals surface area contributed by atoms with Crippen LogP contribution >= 0.6 is 24.0 Å². The molecule has 2 N–H and O–H groups in total. The van der Waals surface area contributed by atoms with Gasteiger partial charge in [-0.05, 0) is 24.5 Å². The fraction of sp³-hybridized carbons (Fsp3) is 0.562. The Hall–Kier alpha value is -1.38. The molecule has 7 heteroatoms. The first-order valence-corrected chi connectivity index (χ1v) is 7.86. The van der Waals surface area contributed by atoms with E-state index in [0.717, 1.165) is 38.4 Å². The molecule has 1 amide bonds. The molecule has 1 unspecified atom stereocenters. The molecule has 0 aromatic carbocycles. The molecule has 2 heterocycles. The lowest BCUT2D eigenvalue weighted by Gasteiger charge is -2.18. The first kappa shape index (κ1) is 19.7. The van der Waals surface area contributed by atoms with E-state index in [1.54, 1.807) is 13.2 Å². The molecule has 1 atom stereocenters. The zero-order valence-corrected chi connectivity index (χ0v) is 16.1. The summed E-state index contributed by atoms with van der Waals surface area (Å²) in [4.78, 5) is 22.0. The van der Waals surface area contributed by atoms with Gasteiger partial charge in [-0.15, -0.1) is 24.0 Å². The van der Waals surface area contributed by atoms with Crippen LogP contribution in [0.2, 0.25) is 0 Å². The first-order valence-electron chi connectivity index (χ1n) is 7.86. The van der Waals surface area contributed by atoms with Gasteiger partial charge in [0.05, 0.1) is 0 Å². The molecule has 2 rings (SSSR count). The van der Waals surface area contributed by atoms with Gasteiger partial charge < -0.3 is 15.5 Å². The van der Waals surface area contributed by atoms with Gasteiger partial charge in [0, 0.05) is 51.5 Å². The van der Waals surface area contributed by atoms with Crippen LogP contribution in [-0.4, -0.2) is 54.5 Å². The molecule has 0 saturated carbocycles. The number of rotatable bonds is 5. The van der Waals surface area contributed by atoms with E-state index < -0.39 is 0 Å². The van der Waals surface area contributed by atoms with Crippen LogP contribution in [0.4, 0.5) is 0 Å². The van der Waals surface area contributed by atoms with Crippen LogP contribution in [0, 0.1) is 0 Å². The van der Waals surface area contributed by atoms with E-state index in [-0.39, 0.29) is 35.9 Å². The fourth-order valence-corrected chi connectivity index (χ4v) is 2.59. The van der Waals surface area contributed by atoms with E-state index in [4.69, 9.17) is 0 Å². The van der Waals surface area contributed by atoms with E-state index in [9.17, 15) is 4.79 Å². The Morgan fingerprint density at radius 1 is 1.52 bits per heavy atom.